The number of nitrogens with zero attached hydrogens (tertiary/aromatic N) is 1. The number of hydrogen-bond donors (Lipinski definition) is 1. The molecule has 0 aliphatic carbocycles. The number of ether oxygens (including phenoxy) is 1. The van der Waals surface area contributed by atoms with Gasteiger partial charge in [-0.1, -0.05) is 48.5 Å². The zero-order chi connectivity index (χ0) is 18.3. The van der Waals surface area contributed by atoms with Crippen molar-refractivity contribution >= 4 is 27.8 Å². The van der Waals surface area contributed by atoms with Crippen LogP contribution in [0.1, 0.15) is 18.1 Å². The normalized spacial score (nSPS) is 11.2. The van der Waals surface area contributed by atoms with Crippen molar-refractivity contribution in [3.8, 4) is 11.5 Å². The van der Waals surface area contributed by atoms with Crippen molar-refractivity contribution in [1.82, 2.24) is 4.57 Å². The molecule has 0 saturated heterocycles. The zero-order valence-electron chi connectivity index (χ0n) is 14.7. The SMILES string of the molecule is CC(=O)Oc1cc(C)c2c3ccccc3n(Cc3ccccc3)c2c1O. The zero-order valence-corrected chi connectivity index (χ0v) is 14.7. The number of carbonyl (C=O) groups excluding carboxylic acids is 1. The van der Waals surface area contributed by atoms with Gasteiger partial charge >= 0.3 is 5.97 Å². The molecule has 130 valence electrons. The van der Waals surface area contributed by atoms with Crippen molar-refractivity contribution < 1.29 is 14.6 Å². The molecular formula is C22H19NO3. The maximum atomic E-state index is 11.4. The van der Waals surface area contributed by atoms with Crippen LogP contribution in [0.2, 0.25) is 0 Å². The van der Waals surface area contributed by atoms with E-state index in [1.807, 2.05) is 43.3 Å². The largest absolute Gasteiger partial charge is 0.503 e. The number of phenols is 1. The highest BCUT2D eigenvalue weighted by molar-refractivity contribution is 6.12. The van der Waals surface area contributed by atoms with Gasteiger partial charge in [0.15, 0.2) is 11.5 Å². The highest BCUT2D eigenvalue weighted by atomic mass is 16.5. The van der Waals surface area contributed by atoms with Gasteiger partial charge in [0.25, 0.3) is 0 Å². The van der Waals surface area contributed by atoms with E-state index >= 15 is 0 Å². The number of rotatable bonds is 3. The molecule has 0 fully saturated rings. The summed E-state index contributed by atoms with van der Waals surface area (Å²) in [6.07, 6.45) is 0. The molecule has 0 saturated carbocycles. The van der Waals surface area contributed by atoms with Gasteiger partial charge in [0.2, 0.25) is 0 Å². The predicted molar refractivity (Wildman–Crippen MR) is 103 cm³/mol. The number of esters is 1. The highest BCUT2D eigenvalue weighted by Crippen LogP contribution is 2.42. The summed E-state index contributed by atoms with van der Waals surface area (Å²) >= 11 is 0. The number of benzene rings is 3. The number of aromatic hydroxyl groups is 1. The molecule has 4 rings (SSSR count). The van der Waals surface area contributed by atoms with Crippen LogP contribution in [0.5, 0.6) is 11.5 Å². The number of para-hydroxylation sites is 1. The molecule has 4 aromatic rings. The van der Waals surface area contributed by atoms with E-state index in [1.54, 1.807) is 6.07 Å². The van der Waals surface area contributed by atoms with Crippen LogP contribution in [0.25, 0.3) is 21.8 Å². The van der Waals surface area contributed by atoms with Crippen LogP contribution < -0.4 is 4.74 Å². The topological polar surface area (TPSA) is 51.5 Å². The maximum absolute atomic E-state index is 11.4. The summed E-state index contributed by atoms with van der Waals surface area (Å²) in [5.74, 6) is -0.266. The average Bonchev–Trinajstić information content (AvgIpc) is 2.95. The van der Waals surface area contributed by atoms with Crippen molar-refractivity contribution in [2.75, 3.05) is 0 Å². The van der Waals surface area contributed by atoms with E-state index in [0.717, 1.165) is 27.4 Å². The van der Waals surface area contributed by atoms with Crippen LogP contribution in [0.15, 0.2) is 60.7 Å². The quantitative estimate of drug-likeness (QED) is 0.429. The summed E-state index contributed by atoms with van der Waals surface area (Å²) in [6.45, 7) is 3.91. The maximum Gasteiger partial charge on any atom is 0.308 e. The number of phenolic OH excluding ortho intramolecular Hbond substituents is 1. The minimum atomic E-state index is -0.454. The molecule has 0 aliphatic rings. The van der Waals surface area contributed by atoms with Gasteiger partial charge in [-0.2, -0.15) is 0 Å². The van der Waals surface area contributed by atoms with Crippen LogP contribution in [-0.2, 0) is 11.3 Å². The molecule has 26 heavy (non-hydrogen) atoms. The molecule has 1 heterocycles. The molecule has 0 unspecified atom stereocenters. The Morgan fingerprint density at radius 3 is 2.50 bits per heavy atom. The van der Waals surface area contributed by atoms with E-state index in [2.05, 4.69) is 22.8 Å². The summed E-state index contributed by atoms with van der Waals surface area (Å²) < 4.78 is 7.31. The van der Waals surface area contributed by atoms with Crippen LogP contribution in [0, 0.1) is 6.92 Å². The Labute approximate surface area is 151 Å². The average molecular weight is 345 g/mol. The van der Waals surface area contributed by atoms with E-state index in [9.17, 15) is 9.90 Å². The lowest BCUT2D eigenvalue weighted by Crippen LogP contribution is -2.04. The molecule has 4 nitrogen and oxygen atoms in total. The van der Waals surface area contributed by atoms with Crippen LogP contribution in [0.4, 0.5) is 0 Å². The molecule has 0 aliphatic heterocycles. The third-order valence-corrected chi connectivity index (χ3v) is 4.61. The molecule has 0 atom stereocenters. The standard InChI is InChI=1S/C22H19NO3/c1-14-12-19(26-15(2)24)22(25)21-20(14)17-10-6-7-11-18(17)23(21)13-16-8-4-3-5-9-16/h3-12,25H,13H2,1-2H3. The Morgan fingerprint density at radius 1 is 1.08 bits per heavy atom. The number of hydrogen-bond acceptors (Lipinski definition) is 3. The van der Waals surface area contributed by atoms with Crippen molar-refractivity contribution in [3.63, 3.8) is 0 Å². The van der Waals surface area contributed by atoms with Gasteiger partial charge in [-0.25, -0.2) is 0 Å². The summed E-state index contributed by atoms with van der Waals surface area (Å²) in [4.78, 5) is 11.4. The lowest BCUT2D eigenvalue weighted by atomic mass is 10.1. The summed E-state index contributed by atoms with van der Waals surface area (Å²) in [5, 5.41) is 12.9. The molecule has 0 radical (unpaired) electrons. The van der Waals surface area contributed by atoms with Gasteiger partial charge in [-0.15, -0.1) is 0 Å². The second-order valence-electron chi connectivity index (χ2n) is 6.45. The third kappa shape index (κ3) is 2.60. The minimum absolute atomic E-state index is 0.00655. The van der Waals surface area contributed by atoms with Gasteiger partial charge in [0.1, 0.15) is 0 Å². The van der Waals surface area contributed by atoms with Crippen molar-refractivity contribution in [2.24, 2.45) is 0 Å². The Kier molecular flexibility index (Phi) is 3.88. The summed E-state index contributed by atoms with van der Waals surface area (Å²) in [6, 6.07) is 19.9. The molecule has 4 heteroatoms. The Hall–Kier alpha value is -3.27. The number of aryl methyl sites for hydroxylation is 1. The molecule has 3 aromatic carbocycles. The Bertz CT molecular complexity index is 1130. The molecule has 0 amide bonds. The lowest BCUT2D eigenvalue weighted by molar-refractivity contribution is -0.132. The van der Waals surface area contributed by atoms with Gasteiger partial charge < -0.3 is 14.4 Å². The van der Waals surface area contributed by atoms with Crippen LogP contribution in [0.3, 0.4) is 0 Å². The Morgan fingerprint density at radius 2 is 1.77 bits per heavy atom. The molecule has 1 N–H and O–H groups in total. The van der Waals surface area contributed by atoms with Gasteiger partial charge in [0.05, 0.1) is 5.52 Å². The third-order valence-electron chi connectivity index (χ3n) is 4.61. The van der Waals surface area contributed by atoms with Crippen molar-refractivity contribution in [3.05, 3.63) is 71.8 Å². The monoisotopic (exact) mass is 345 g/mol. The first-order chi connectivity index (χ1) is 12.6. The predicted octanol–water partition coefficient (Wildman–Crippen LogP) is 4.78. The van der Waals surface area contributed by atoms with Crippen LogP contribution in [-0.4, -0.2) is 15.6 Å². The molecule has 1 aromatic heterocycles. The minimum Gasteiger partial charge on any atom is -0.503 e. The summed E-state index contributed by atoms with van der Waals surface area (Å²) in [5.41, 5.74) is 3.80. The smallest absolute Gasteiger partial charge is 0.308 e. The first kappa shape index (κ1) is 16.2. The first-order valence-electron chi connectivity index (χ1n) is 8.52. The van der Waals surface area contributed by atoms with Crippen molar-refractivity contribution in [1.29, 1.82) is 0 Å². The second-order valence-corrected chi connectivity index (χ2v) is 6.45. The molecular weight excluding hydrogens is 326 g/mol. The molecule has 0 bridgehead atoms. The van der Waals surface area contributed by atoms with E-state index in [0.29, 0.717) is 12.1 Å². The fourth-order valence-electron chi connectivity index (χ4n) is 3.57. The van der Waals surface area contributed by atoms with E-state index in [1.165, 1.54) is 6.92 Å². The second kappa shape index (κ2) is 6.23. The first-order valence-corrected chi connectivity index (χ1v) is 8.52. The van der Waals surface area contributed by atoms with Gasteiger partial charge in [-0.05, 0) is 30.2 Å². The lowest BCUT2D eigenvalue weighted by Gasteiger charge is -2.12. The number of carbonyl (C=O) groups is 1. The fourth-order valence-corrected chi connectivity index (χ4v) is 3.57. The van der Waals surface area contributed by atoms with Crippen molar-refractivity contribution in [2.45, 2.75) is 20.4 Å². The van der Waals surface area contributed by atoms with E-state index in [4.69, 9.17) is 4.74 Å². The van der Waals surface area contributed by atoms with E-state index in [-0.39, 0.29) is 11.5 Å². The Balaban J connectivity index is 2.06. The van der Waals surface area contributed by atoms with Gasteiger partial charge in [0, 0.05) is 29.8 Å². The van der Waals surface area contributed by atoms with Crippen LogP contribution >= 0.6 is 0 Å². The molecule has 0 spiro atoms. The highest BCUT2D eigenvalue weighted by Gasteiger charge is 2.20. The van der Waals surface area contributed by atoms with Gasteiger partial charge in [-0.3, -0.25) is 4.79 Å². The van der Waals surface area contributed by atoms with E-state index < -0.39 is 5.97 Å². The number of aromatic nitrogens is 1. The fraction of sp³-hybridized carbons (Fsp3) is 0.136. The summed E-state index contributed by atoms with van der Waals surface area (Å²) in [7, 11) is 0. The number of fused-ring (bicyclic) bond motifs is 3.